The van der Waals surface area contributed by atoms with Crippen molar-refractivity contribution in [3.63, 3.8) is 0 Å². The van der Waals surface area contributed by atoms with Crippen LogP contribution in [0, 0.1) is 0 Å². The Hall–Kier alpha value is -1.51. The summed E-state index contributed by atoms with van der Waals surface area (Å²) in [7, 11) is 0. The highest BCUT2D eigenvalue weighted by Gasteiger charge is 2.11. The molecule has 0 unspecified atom stereocenters. The number of rotatable bonds is 4. The predicted octanol–water partition coefficient (Wildman–Crippen LogP) is 2.96. The van der Waals surface area contributed by atoms with Gasteiger partial charge in [0.25, 0.3) is 0 Å². The molecule has 3 heteroatoms. The van der Waals surface area contributed by atoms with Crippen molar-refractivity contribution in [3.05, 3.63) is 23.8 Å². The Kier molecular flexibility index (Phi) is 4.35. The van der Waals surface area contributed by atoms with Crippen molar-refractivity contribution < 1.29 is 14.3 Å². The van der Waals surface area contributed by atoms with Crippen LogP contribution in [0.25, 0.3) is 0 Å². The molecule has 0 aromatic heterocycles. The lowest BCUT2D eigenvalue weighted by molar-refractivity contribution is -0.131. The highest BCUT2D eigenvalue weighted by molar-refractivity contribution is 5.70. The standard InChI is InChI=1S/C13H18O3/c1-5-11-12(15-9(2)3)7-6-8-13(11)16-10(4)14/h6-9H,5H2,1-4H3. The molecule has 0 saturated heterocycles. The molecule has 0 radical (unpaired) electrons. The smallest absolute Gasteiger partial charge is 0.308 e. The lowest BCUT2D eigenvalue weighted by Gasteiger charge is -2.15. The maximum Gasteiger partial charge on any atom is 0.308 e. The number of hydrogen-bond acceptors (Lipinski definition) is 3. The van der Waals surface area contributed by atoms with E-state index in [1.807, 2.05) is 32.9 Å². The van der Waals surface area contributed by atoms with Crippen LogP contribution < -0.4 is 9.47 Å². The number of carbonyl (C=O) groups is 1. The molecular formula is C13H18O3. The molecule has 0 heterocycles. The summed E-state index contributed by atoms with van der Waals surface area (Å²) in [5.74, 6) is 1.07. The van der Waals surface area contributed by atoms with E-state index in [0.29, 0.717) is 5.75 Å². The van der Waals surface area contributed by atoms with E-state index in [1.54, 1.807) is 6.07 Å². The molecule has 0 atom stereocenters. The van der Waals surface area contributed by atoms with Gasteiger partial charge in [0.05, 0.1) is 6.10 Å². The summed E-state index contributed by atoms with van der Waals surface area (Å²) in [6.07, 6.45) is 0.878. The monoisotopic (exact) mass is 222 g/mol. The zero-order chi connectivity index (χ0) is 12.1. The van der Waals surface area contributed by atoms with Crippen LogP contribution in [-0.2, 0) is 11.2 Å². The number of ether oxygens (including phenoxy) is 2. The van der Waals surface area contributed by atoms with Gasteiger partial charge in [0, 0.05) is 12.5 Å². The van der Waals surface area contributed by atoms with Gasteiger partial charge in [-0.3, -0.25) is 4.79 Å². The van der Waals surface area contributed by atoms with Crippen molar-refractivity contribution >= 4 is 5.97 Å². The Balaban J connectivity index is 3.04. The Labute approximate surface area is 96.4 Å². The first-order chi connectivity index (χ1) is 7.54. The van der Waals surface area contributed by atoms with E-state index in [4.69, 9.17) is 9.47 Å². The fourth-order valence-corrected chi connectivity index (χ4v) is 1.51. The third kappa shape index (κ3) is 3.26. The Morgan fingerprint density at radius 3 is 2.44 bits per heavy atom. The summed E-state index contributed by atoms with van der Waals surface area (Å²) < 4.78 is 10.8. The largest absolute Gasteiger partial charge is 0.491 e. The van der Waals surface area contributed by atoms with Crippen LogP contribution >= 0.6 is 0 Å². The topological polar surface area (TPSA) is 35.5 Å². The van der Waals surface area contributed by atoms with Crippen LogP contribution in [-0.4, -0.2) is 12.1 Å². The maximum absolute atomic E-state index is 11.0. The molecule has 0 aliphatic carbocycles. The Morgan fingerprint density at radius 2 is 1.94 bits per heavy atom. The summed E-state index contributed by atoms with van der Waals surface area (Å²) in [5.41, 5.74) is 0.936. The van der Waals surface area contributed by atoms with Gasteiger partial charge >= 0.3 is 5.97 Å². The third-order valence-electron chi connectivity index (χ3n) is 2.06. The molecule has 1 aromatic rings. The van der Waals surface area contributed by atoms with Crippen molar-refractivity contribution in [2.45, 2.75) is 40.2 Å². The molecular weight excluding hydrogens is 204 g/mol. The molecule has 88 valence electrons. The fourth-order valence-electron chi connectivity index (χ4n) is 1.51. The minimum Gasteiger partial charge on any atom is -0.491 e. The second-order valence-electron chi connectivity index (χ2n) is 3.85. The molecule has 0 aliphatic rings. The van der Waals surface area contributed by atoms with E-state index in [0.717, 1.165) is 17.7 Å². The quantitative estimate of drug-likeness (QED) is 0.580. The van der Waals surface area contributed by atoms with Gasteiger partial charge in [-0.2, -0.15) is 0 Å². The van der Waals surface area contributed by atoms with Crippen LogP contribution in [0.2, 0.25) is 0 Å². The van der Waals surface area contributed by atoms with Gasteiger partial charge in [-0.1, -0.05) is 13.0 Å². The first-order valence-corrected chi connectivity index (χ1v) is 5.51. The summed E-state index contributed by atoms with van der Waals surface area (Å²) in [6, 6.07) is 5.51. The van der Waals surface area contributed by atoms with Gasteiger partial charge in [0.1, 0.15) is 11.5 Å². The average Bonchev–Trinajstić information content (AvgIpc) is 2.16. The summed E-state index contributed by atoms with van der Waals surface area (Å²) in [4.78, 5) is 11.0. The van der Waals surface area contributed by atoms with E-state index in [9.17, 15) is 4.79 Å². The molecule has 0 saturated carbocycles. The summed E-state index contributed by atoms with van der Waals surface area (Å²) in [5, 5.41) is 0. The zero-order valence-electron chi connectivity index (χ0n) is 10.2. The van der Waals surface area contributed by atoms with Crippen LogP contribution in [0.15, 0.2) is 18.2 Å². The van der Waals surface area contributed by atoms with Crippen molar-refractivity contribution in [2.75, 3.05) is 0 Å². The minimum absolute atomic E-state index is 0.109. The number of esters is 1. The second-order valence-corrected chi connectivity index (χ2v) is 3.85. The minimum atomic E-state index is -0.309. The molecule has 0 aliphatic heterocycles. The number of hydrogen-bond donors (Lipinski definition) is 0. The summed E-state index contributed by atoms with van der Waals surface area (Å²) >= 11 is 0. The molecule has 16 heavy (non-hydrogen) atoms. The SMILES string of the molecule is CCc1c(OC(C)=O)cccc1OC(C)C. The maximum atomic E-state index is 11.0. The lowest BCUT2D eigenvalue weighted by Crippen LogP contribution is -2.09. The second kappa shape index (κ2) is 5.54. The van der Waals surface area contributed by atoms with E-state index >= 15 is 0 Å². The molecule has 0 bridgehead atoms. The molecule has 1 rings (SSSR count). The molecule has 0 N–H and O–H groups in total. The zero-order valence-corrected chi connectivity index (χ0v) is 10.2. The van der Waals surface area contributed by atoms with E-state index in [2.05, 4.69) is 0 Å². The Bertz CT molecular complexity index is 369. The third-order valence-corrected chi connectivity index (χ3v) is 2.06. The number of benzene rings is 1. The van der Waals surface area contributed by atoms with E-state index in [-0.39, 0.29) is 12.1 Å². The van der Waals surface area contributed by atoms with Gasteiger partial charge in [-0.15, -0.1) is 0 Å². The van der Waals surface area contributed by atoms with E-state index < -0.39 is 0 Å². The van der Waals surface area contributed by atoms with Crippen molar-refractivity contribution in [2.24, 2.45) is 0 Å². The van der Waals surface area contributed by atoms with Crippen molar-refractivity contribution in [1.29, 1.82) is 0 Å². The van der Waals surface area contributed by atoms with Crippen molar-refractivity contribution in [3.8, 4) is 11.5 Å². The van der Waals surface area contributed by atoms with Crippen LogP contribution in [0.3, 0.4) is 0 Å². The van der Waals surface area contributed by atoms with E-state index in [1.165, 1.54) is 6.92 Å². The molecule has 0 amide bonds. The van der Waals surface area contributed by atoms with Gasteiger partial charge in [-0.05, 0) is 32.4 Å². The first-order valence-electron chi connectivity index (χ1n) is 5.51. The van der Waals surface area contributed by atoms with Gasteiger partial charge < -0.3 is 9.47 Å². The first kappa shape index (κ1) is 12.6. The normalized spacial score (nSPS) is 10.3. The molecule has 3 nitrogen and oxygen atoms in total. The highest BCUT2D eigenvalue weighted by Crippen LogP contribution is 2.29. The highest BCUT2D eigenvalue weighted by atomic mass is 16.5. The van der Waals surface area contributed by atoms with Gasteiger partial charge in [0.15, 0.2) is 0 Å². The molecule has 0 spiro atoms. The fraction of sp³-hybridized carbons (Fsp3) is 0.462. The van der Waals surface area contributed by atoms with Crippen LogP contribution in [0.1, 0.15) is 33.3 Å². The van der Waals surface area contributed by atoms with Gasteiger partial charge in [0.2, 0.25) is 0 Å². The number of carbonyl (C=O) groups excluding carboxylic acids is 1. The lowest BCUT2D eigenvalue weighted by atomic mass is 10.1. The van der Waals surface area contributed by atoms with Crippen LogP contribution in [0.4, 0.5) is 0 Å². The molecule has 0 fully saturated rings. The molecule has 1 aromatic carbocycles. The average molecular weight is 222 g/mol. The van der Waals surface area contributed by atoms with Crippen molar-refractivity contribution in [1.82, 2.24) is 0 Å². The summed E-state index contributed by atoms with van der Waals surface area (Å²) in [6.45, 7) is 7.35. The van der Waals surface area contributed by atoms with Gasteiger partial charge in [-0.25, -0.2) is 0 Å². The van der Waals surface area contributed by atoms with Crippen LogP contribution in [0.5, 0.6) is 11.5 Å². The Morgan fingerprint density at radius 1 is 1.31 bits per heavy atom. The predicted molar refractivity (Wildman–Crippen MR) is 62.9 cm³/mol.